The number of nitroso groups, excluding NO2 is 1. The second-order valence-corrected chi connectivity index (χ2v) is 5.48. The van der Waals surface area contributed by atoms with Crippen molar-refractivity contribution in [1.29, 1.82) is 0 Å². The molecule has 0 rings (SSSR count). The Balaban J connectivity index is 5.75. The van der Waals surface area contributed by atoms with E-state index in [0.717, 1.165) is 0 Å². The molecule has 5 N–H and O–H groups in total. The fraction of sp³-hybridized carbons (Fsp3) is 0.667. The standard InChI is InChI=1S/C6H11ClN3O7P/c7-1-2-10(9-14,6(8)13)4(3-5(11)12)18(15,16)17/h4H,1-3H2,(H4-,8,11,12,13,15,16,17)/p+1. The maximum atomic E-state index is 11.2. The number of nitrogens with zero attached hydrogens (tertiary/aromatic N) is 2. The van der Waals surface area contributed by atoms with Gasteiger partial charge in [0.2, 0.25) is 5.78 Å². The molecule has 0 bridgehead atoms. The van der Waals surface area contributed by atoms with Crippen molar-refractivity contribution in [2.24, 2.45) is 11.0 Å². The van der Waals surface area contributed by atoms with Crippen LogP contribution in [0.5, 0.6) is 0 Å². The molecule has 2 amide bonds. The molecular formula is C6H12ClN3O7P+. The fourth-order valence-corrected chi connectivity index (χ4v) is 2.77. The lowest BCUT2D eigenvalue weighted by Gasteiger charge is -2.30. The molecule has 0 aromatic rings. The molecule has 12 heteroatoms. The predicted molar refractivity (Wildman–Crippen MR) is 59.3 cm³/mol. The number of alkyl halides is 1. The van der Waals surface area contributed by atoms with Crippen LogP contribution in [0.25, 0.3) is 0 Å². The van der Waals surface area contributed by atoms with Crippen molar-refractivity contribution in [3.8, 4) is 0 Å². The highest BCUT2D eigenvalue weighted by Crippen LogP contribution is 2.48. The van der Waals surface area contributed by atoms with Gasteiger partial charge in [-0.15, -0.1) is 11.6 Å². The van der Waals surface area contributed by atoms with Gasteiger partial charge in [0.25, 0.3) is 0 Å². The Morgan fingerprint density at radius 2 is 1.94 bits per heavy atom. The number of halogens is 1. The highest BCUT2D eigenvalue weighted by atomic mass is 35.5. The van der Waals surface area contributed by atoms with Crippen molar-refractivity contribution in [2.75, 3.05) is 12.4 Å². The van der Waals surface area contributed by atoms with Crippen LogP contribution in [0.1, 0.15) is 6.42 Å². The quantitative estimate of drug-likeness (QED) is 0.166. The lowest BCUT2D eigenvalue weighted by Crippen LogP contribution is -2.59. The zero-order valence-corrected chi connectivity index (χ0v) is 10.6. The van der Waals surface area contributed by atoms with Gasteiger partial charge in [-0.2, -0.15) is 0 Å². The maximum absolute atomic E-state index is 11.2. The van der Waals surface area contributed by atoms with Gasteiger partial charge >= 0.3 is 19.6 Å². The van der Waals surface area contributed by atoms with Crippen molar-refractivity contribution in [3.63, 3.8) is 0 Å². The second-order valence-electron chi connectivity index (χ2n) is 3.33. The van der Waals surface area contributed by atoms with Gasteiger partial charge in [0.1, 0.15) is 13.0 Å². The van der Waals surface area contributed by atoms with Gasteiger partial charge in [-0.1, -0.05) is 9.50 Å². The number of quaternary nitrogens is 1. The van der Waals surface area contributed by atoms with Gasteiger partial charge < -0.3 is 20.6 Å². The van der Waals surface area contributed by atoms with E-state index in [-0.39, 0.29) is 5.88 Å². The van der Waals surface area contributed by atoms with Gasteiger partial charge in [0.15, 0.2) is 5.29 Å². The van der Waals surface area contributed by atoms with Crippen molar-refractivity contribution in [1.82, 2.24) is 0 Å². The number of hydrogen-bond donors (Lipinski definition) is 4. The first-order valence-corrected chi connectivity index (χ1v) is 6.69. The molecule has 0 aromatic heterocycles. The normalized spacial score (nSPS) is 16.6. The zero-order valence-electron chi connectivity index (χ0n) is 8.97. The Labute approximate surface area is 106 Å². The molecule has 18 heavy (non-hydrogen) atoms. The highest BCUT2D eigenvalue weighted by Gasteiger charge is 2.56. The molecule has 0 heterocycles. The number of nitrogens with two attached hydrogens (primary N) is 1. The topological polar surface area (TPSA) is 167 Å². The van der Waals surface area contributed by atoms with Gasteiger partial charge in [0.05, 0.1) is 5.88 Å². The number of carbonyl (C=O) groups excluding carboxylic acids is 1. The summed E-state index contributed by atoms with van der Waals surface area (Å²) in [5.74, 6) is -4.20. The minimum atomic E-state index is -5.11. The number of hydrogen-bond acceptors (Lipinski definition) is 5. The molecule has 0 radical (unpaired) electrons. The molecule has 10 nitrogen and oxygen atoms in total. The Kier molecular flexibility index (Phi) is 5.84. The summed E-state index contributed by atoms with van der Waals surface area (Å²) in [6, 6.07) is -1.49. The van der Waals surface area contributed by atoms with Crippen molar-refractivity contribution < 1.29 is 33.6 Å². The van der Waals surface area contributed by atoms with Crippen molar-refractivity contribution in [3.05, 3.63) is 4.91 Å². The number of rotatable bonds is 7. The molecule has 0 aliphatic rings. The third kappa shape index (κ3) is 3.72. The molecule has 104 valence electrons. The van der Waals surface area contributed by atoms with Crippen LogP contribution in [-0.4, -0.2) is 49.7 Å². The molecule has 2 unspecified atom stereocenters. The number of aliphatic carboxylic acids is 1. The summed E-state index contributed by atoms with van der Waals surface area (Å²) < 4.78 is 9.44. The summed E-state index contributed by atoms with van der Waals surface area (Å²) in [6.45, 7) is -0.622. The third-order valence-electron chi connectivity index (χ3n) is 2.19. The van der Waals surface area contributed by atoms with Crippen LogP contribution in [0.2, 0.25) is 0 Å². The van der Waals surface area contributed by atoms with Crippen LogP contribution in [0.4, 0.5) is 4.79 Å². The number of carbonyl (C=O) groups is 2. The van der Waals surface area contributed by atoms with Crippen molar-refractivity contribution in [2.45, 2.75) is 12.2 Å². The second kappa shape index (κ2) is 6.21. The summed E-state index contributed by atoms with van der Waals surface area (Å²) in [6.07, 6.45) is -1.16. The maximum Gasteiger partial charge on any atom is 0.444 e. The Morgan fingerprint density at radius 1 is 1.44 bits per heavy atom. The third-order valence-corrected chi connectivity index (χ3v) is 3.70. The summed E-state index contributed by atoms with van der Waals surface area (Å²) in [5.41, 5.74) is 4.89. The van der Waals surface area contributed by atoms with Gasteiger partial charge in [-0.25, -0.2) is 4.79 Å². The van der Waals surface area contributed by atoms with E-state index in [0.29, 0.717) is 0 Å². The minimum absolute atomic E-state index is 0.370. The average molecular weight is 305 g/mol. The van der Waals surface area contributed by atoms with Crippen LogP contribution in [-0.2, 0) is 9.36 Å². The van der Waals surface area contributed by atoms with E-state index in [1.807, 2.05) is 0 Å². The summed E-state index contributed by atoms with van der Waals surface area (Å²) in [7, 11) is -5.11. The first kappa shape index (κ1) is 16.9. The molecule has 0 fully saturated rings. The number of amides is 2. The van der Waals surface area contributed by atoms with E-state index in [4.69, 9.17) is 32.2 Å². The fourth-order valence-electron chi connectivity index (χ4n) is 1.35. The van der Waals surface area contributed by atoms with Crippen LogP contribution in [0.15, 0.2) is 5.29 Å². The summed E-state index contributed by atoms with van der Waals surface area (Å²) >= 11 is 5.32. The molecule has 0 saturated carbocycles. The summed E-state index contributed by atoms with van der Waals surface area (Å²) in [4.78, 5) is 50.6. The summed E-state index contributed by atoms with van der Waals surface area (Å²) in [5, 5.41) is 10.9. The lowest BCUT2D eigenvalue weighted by molar-refractivity contribution is -0.867. The zero-order chi connectivity index (χ0) is 14.6. The van der Waals surface area contributed by atoms with E-state index in [9.17, 15) is 19.1 Å². The van der Waals surface area contributed by atoms with E-state index >= 15 is 0 Å². The number of carboxylic acid groups (broad SMARTS) is 1. The molecular weight excluding hydrogens is 293 g/mol. The van der Waals surface area contributed by atoms with Gasteiger partial charge in [0, 0.05) is 0 Å². The molecule has 2 atom stereocenters. The average Bonchev–Trinajstić information content (AvgIpc) is 2.21. The van der Waals surface area contributed by atoms with Gasteiger partial charge in [-0.3, -0.25) is 9.36 Å². The number of carboxylic acids is 1. The van der Waals surface area contributed by atoms with E-state index in [1.54, 1.807) is 0 Å². The van der Waals surface area contributed by atoms with E-state index in [2.05, 4.69) is 5.29 Å². The van der Waals surface area contributed by atoms with Crippen LogP contribution < -0.4 is 5.73 Å². The Bertz CT molecular complexity index is 399. The Morgan fingerprint density at radius 3 is 2.17 bits per heavy atom. The smallest absolute Gasteiger partial charge is 0.444 e. The Hall–Kier alpha value is -1.06. The monoisotopic (exact) mass is 304 g/mol. The molecule has 0 spiro atoms. The largest absolute Gasteiger partial charge is 0.481 e. The van der Waals surface area contributed by atoms with E-state index < -0.39 is 42.9 Å². The van der Waals surface area contributed by atoms with Crippen LogP contribution >= 0.6 is 19.2 Å². The predicted octanol–water partition coefficient (Wildman–Crippen LogP) is -0.219. The molecule has 0 aliphatic carbocycles. The molecule has 0 aliphatic heterocycles. The molecule has 0 aromatic carbocycles. The lowest BCUT2D eigenvalue weighted by atomic mass is 10.3. The highest BCUT2D eigenvalue weighted by molar-refractivity contribution is 7.52. The minimum Gasteiger partial charge on any atom is -0.481 e. The van der Waals surface area contributed by atoms with E-state index in [1.165, 1.54) is 0 Å². The number of urea groups is 1. The van der Waals surface area contributed by atoms with Gasteiger partial charge in [-0.05, 0) is 0 Å². The van der Waals surface area contributed by atoms with Crippen LogP contribution in [0.3, 0.4) is 0 Å². The number of primary amides is 1. The first-order chi connectivity index (χ1) is 8.11. The SMILES string of the molecule is NC(=O)[N+](CCCl)(N=O)C(CC(=O)O)P(=O)(O)O. The van der Waals surface area contributed by atoms with Crippen molar-refractivity contribution >= 4 is 31.2 Å². The van der Waals surface area contributed by atoms with Crippen LogP contribution in [0, 0.1) is 4.91 Å². The molecule has 0 saturated heterocycles. The first-order valence-electron chi connectivity index (χ1n) is 4.47.